The molecule has 0 bridgehead atoms. The number of imide groups is 1. The number of hydrogen-bond acceptors (Lipinski definition) is 3. The number of rotatable bonds is 2. The maximum Gasteiger partial charge on any atom is 0.230 e. The average Bonchev–Trinajstić information content (AvgIpc) is 2.24. The molecule has 0 aromatic heterocycles. The van der Waals surface area contributed by atoms with Gasteiger partial charge in [-0.15, -0.1) is 0 Å². The van der Waals surface area contributed by atoms with Gasteiger partial charge in [0.1, 0.15) is 0 Å². The van der Waals surface area contributed by atoms with Crippen LogP contribution in [0, 0.1) is 5.41 Å². The Morgan fingerprint density at radius 2 is 1.72 bits per heavy atom. The minimum atomic E-state index is -0.229. The number of anilines is 1. The first-order chi connectivity index (χ1) is 8.39. The van der Waals surface area contributed by atoms with E-state index < -0.39 is 0 Å². The first kappa shape index (κ1) is 12.6. The molecule has 0 atom stereocenters. The van der Waals surface area contributed by atoms with Gasteiger partial charge in [-0.3, -0.25) is 14.5 Å². The third-order valence-corrected chi connectivity index (χ3v) is 3.25. The first-order valence-corrected chi connectivity index (χ1v) is 6.06. The molecule has 1 heterocycles. The van der Waals surface area contributed by atoms with Gasteiger partial charge in [0, 0.05) is 18.5 Å². The molecule has 1 saturated heterocycles. The molecule has 4 nitrogen and oxygen atoms in total. The number of para-hydroxylation sites is 1. The van der Waals surface area contributed by atoms with Crippen LogP contribution in [0.4, 0.5) is 5.69 Å². The summed E-state index contributed by atoms with van der Waals surface area (Å²) in [5.74, 6) is -0.223. The molecule has 0 unspecified atom stereocenters. The van der Waals surface area contributed by atoms with Crippen molar-refractivity contribution in [1.82, 2.24) is 4.90 Å². The highest BCUT2D eigenvalue weighted by molar-refractivity contribution is 5.98. The molecular formula is C14H18N2O2. The predicted octanol–water partition coefficient (Wildman–Crippen LogP) is 1.94. The van der Waals surface area contributed by atoms with E-state index in [0.29, 0.717) is 18.5 Å². The molecule has 4 heteroatoms. The third-order valence-electron chi connectivity index (χ3n) is 3.25. The zero-order valence-electron chi connectivity index (χ0n) is 10.8. The molecule has 2 N–H and O–H groups in total. The summed E-state index contributed by atoms with van der Waals surface area (Å²) in [5.41, 5.74) is 7.04. The lowest BCUT2D eigenvalue weighted by Gasteiger charge is -2.34. The van der Waals surface area contributed by atoms with Crippen molar-refractivity contribution in [3.05, 3.63) is 29.8 Å². The van der Waals surface area contributed by atoms with Crippen LogP contribution in [-0.2, 0) is 16.1 Å². The van der Waals surface area contributed by atoms with E-state index in [-0.39, 0.29) is 23.8 Å². The Bertz CT molecular complexity index is 474. The Balaban J connectivity index is 2.18. The SMILES string of the molecule is CC1(C)CC(=O)N(Cc2ccccc2N)C(=O)C1. The number of likely N-dealkylation sites (tertiary alicyclic amines) is 1. The summed E-state index contributed by atoms with van der Waals surface area (Å²) in [4.78, 5) is 25.3. The number of carbonyl (C=O) groups excluding carboxylic acids is 2. The van der Waals surface area contributed by atoms with Gasteiger partial charge in [0.2, 0.25) is 11.8 Å². The van der Waals surface area contributed by atoms with Gasteiger partial charge in [0.15, 0.2) is 0 Å². The molecule has 2 rings (SSSR count). The lowest BCUT2D eigenvalue weighted by Crippen LogP contribution is -2.45. The van der Waals surface area contributed by atoms with Crippen molar-refractivity contribution in [1.29, 1.82) is 0 Å². The lowest BCUT2D eigenvalue weighted by molar-refractivity contribution is -0.153. The van der Waals surface area contributed by atoms with E-state index in [0.717, 1.165) is 5.56 Å². The summed E-state index contributed by atoms with van der Waals surface area (Å²) in [7, 11) is 0. The van der Waals surface area contributed by atoms with Crippen LogP contribution in [0.3, 0.4) is 0 Å². The van der Waals surface area contributed by atoms with E-state index in [2.05, 4.69) is 0 Å². The lowest BCUT2D eigenvalue weighted by atomic mass is 9.81. The fourth-order valence-electron chi connectivity index (χ4n) is 2.24. The molecule has 18 heavy (non-hydrogen) atoms. The Hall–Kier alpha value is -1.84. The molecule has 1 aliphatic heterocycles. The fourth-order valence-corrected chi connectivity index (χ4v) is 2.24. The summed E-state index contributed by atoms with van der Waals surface area (Å²) >= 11 is 0. The third kappa shape index (κ3) is 2.53. The van der Waals surface area contributed by atoms with Crippen molar-refractivity contribution in [3.8, 4) is 0 Å². The Labute approximate surface area is 107 Å². The van der Waals surface area contributed by atoms with Crippen LogP contribution >= 0.6 is 0 Å². The van der Waals surface area contributed by atoms with E-state index in [1.54, 1.807) is 6.07 Å². The Kier molecular flexibility index (Phi) is 3.11. The standard InChI is InChI=1S/C14H18N2O2/c1-14(2)7-12(17)16(13(18)8-14)9-10-5-3-4-6-11(10)15/h3-6H,7-9,15H2,1-2H3. The number of nitrogens with zero attached hydrogens (tertiary/aromatic N) is 1. The van der Waals surface area contributed by atoms with Gasteiger partial charge in [-0.05, 0) is 17.0 Å². The summed E-state index contributed by atoms with van der Waals surface area (Å²) in [6, 6.07) is 7.31. The second kappa shape index (κ2) is 4.44. The van der Waals surface area contributed by atoms with Crippen LogP contribution in [0.5, 0.6) is 0 Å². The largest absolute Gasteiger partial charge is 0.398 e. The van der Waals surface area contributed by atoms with Crippen LogP contribution in [-0.4, -0.2) is 16.7 Å². The smallest absolute Gasteiger partial charge is 0.230 e. The van der Waals surface area contributed by atoms with Crippen LogP contribution < -0.4 is 5.73 Å². The summed E-state index contributed by atoms with van der Waals surface area (Å²) in [6.07, 6.45) is 0.816. The van der Waals surface area contributed by atoms with Crippen molar-refractivity contribution in [2.75, 3.05) is 5.73 Å². The van der Waals surface area contributed by atoms with Crippen LogP contribution in [0.15, 0.2) is 24.3 Å². The van der Waals surface area contributed by atoms with E-state index in [9.17, 15) is 9.59 Å². The zero-order chi connectivity index (χ0) is 13.3. The number of nitrogens with two attached hydrogens (primary N) is 1. The average molecular weight is 246 g/mol. The van der Waals surface area contributed by atoms with Gasteiger partial charge < -0.3 is 5.73 Å². The van der Waals surface area contributed by atoms with Gasteiger partial charge >= 0.3 is 0 Å². The molecule has 0 aliphatic carbocycles. The van der Waals surface area contributed by atoms with Crippen LogP contribution in [0.1, 0.15) is 32.3 Å². The molecule has 1 aromatic carbocycles. The molecule has 2 amide bonds. The number of piperidine rings is 1. The van der Waals surface area contributed by atoms with Crippen molar-refractivity contribution in [2.24, 2.45) is 5.41 Å². The van der Waals surface area contributed by atoms with E-state index in [1.807, 2.05) is 32.0 Å². The van der Waals surface area contributed by atoms with Crippen LogP contribution in [0.25, 0.3) is 0 Å². The van der Waals surface area contributed by atoms with E-state index >= 15 is 0 Å². The van der Waals surface area contributed by atoms with Gasteiger partial charge in [-0.2, -0.15) is 0 Å². The van der Waals surface area contributed by atoms with Crippen molar-refractivity contribution in [3.63, 3.8) is 0 Å². The van der Waals surface area contributed by atoms with E-state index in [1.165, 1.54) is 4.90 Å². The van der Waals surface area contributed by atoms with Gasteiger partial charge in [-0.25, -0.2) is 0 Å². The van der Waals surface area contributed by atoms with Gasteiger partial charge in [-0.1, -0.05) is 32.0 Å². The summed E-state index contributed by atoms with van der Waals surface area (Å²) in [6.45, 7) is 4.16. The molecule has 0 radical (unpaired) electrons. The maximum absolute atomic E-state index is 12.0. The minimum absolute atomic E-state index is 0.112. The molecule has 0 spiro atoms. The highest BCUT2D eigenvalue weighted by Crippen LogP contribution is 2.32. The molecular weight excluding hydrogens is 228 g/mol. The van der Waals surface area contributed by atoms with Crippen molar-refractivity contribution in [2.45, 2.75) is 33.2 Å². The van der Waals surface area contributed by atoms with E-state index in [4.69, 9.17) is 5.73 Å². The van der Waals surface area contributed by atoms with Gasteiger partial charge in [0.25, 0.3) is 0 Å². The topological polar surface area (TPSA) is 63.4 Å². The first-order valence-electron chi connectivity index (χ1n) is 6.06. The van der Waals surface area contributed by atoms with Crippen molar-refractivity contribution >= 4 is 17.5 Å². The second-order valence-electron chi connectivity index (χ2n) is 5.59. The number of hydrogen-bond donors (Lipinski definition) is 1. The molecule has 96 valence electrons. The monoisotopic (exact) mass is 246 g/mol. The quantitative estimate of drug-likeness (QED) is 0.640. The molecule has 0 saturated carbocycles. The Morgan fingerprint density at radius 1 is 1.17 bits per heavy atom. The number of amides is 2. The number of benzene rings is 1. The molecule has 1 aromatic rings. The molecule has 1 aliphatic rings. The maximum atomic E-state index is 12.0. The normalized spacial score (nSPS) is 19.1. The van der Waals surface area contributed by atoms with Crippen molar-refractivity contribution < 1.29 is 9.59 Å². The van der Waals surface area contributed by atoms with Crippen LogP contribution in [0.2, 0.25) is 0 Å². The predicted molar refractivity (Wildman–Crippen MR) is 69.4 cm³/mol. The highest BCUT2D eigenvalue weighted by atomic mass is 16.2. The zero-order valence-corrected chi connectivity index (χ0v) is 10.8. The Morgan fingerprint density at radius 3 is 2.28 bits per heavy atom. The fraction of sp³-hybridized carbons (Fsp3) is 0.429. The molecule has 1 fully saturated rings. The van der Waals surface area contributed by atoms with Gasteiger partial charge in [0.05, 0.1) is 6.54 Å². The summed E-state index contributed by atoms with van der Waals surface area (Å²) < 4.78 is 0. The summed E-state index contributed by atoms with van der Waals surface area (Å²) in [5, 5.41) is 0. The second-order valence-corrected chi connectivity index (χ2v) is 5.59. The minimum Gasteiger partial charge on any atom is -0.398 e. The highest BCUT2D eigenvalue weighted by Gasteiger charge is 2.37. The number of nitrogen functional groups attached to an aromatic ring is 1. The number of carbonyl (C=O) groups is 2.